The molecule has 0 aliphatic carbocycles. The maximum Gasteiger partial charge on any atom is 0.282 e. The van der Waals surface area contributed by atoms with E-state index in [0.717, 1.165) is 32.3 Å². The summed E-state index contributed by atoms with van der Waals surface area (Å²) in [6.07, 6.45) is 0. The van der Waals surface area contributed by atoms with Crippen molar-refractivity contribution in [2.45, 2.75) is 13.8 Å². The van der Waals surface area contributed by atoms with Crippen molar-refractivity contribution in [3.05, 3.63) is 125 Å². The summed E-state index contributed by atoms with van der Waals surface area (Å²) < 4.78 is 2.80. The average Bonchev–Trinajstić information content (AvgIpc) is 3.73. The molecule has 7 aromatic carbocycles. The van der Waals surface area contributed by atoms with Crippen molar-refractivity contribution in [3.63, 3.8) is 0 Å². The molecule has 54 heavy (non-hydrogen) atoms. The lowest BCUT2D eigenvalue weighted by molar-refractivity contribution is -0.385. The first kappa shape index (κ1) is 29.9. The number of fused-ring (bicyclic) bond motifs is 10. The summed E-state index contributed by atoms with van der Waals surface area (Å²) >= 11 is 0. The van der Waals surface area contributed by atoms with E-state index in [1.165, 1.54) is 46.9 Å². The largest absolute Gasteiger partial charge is 0.294 e. The number of pyridine rings is 2. The maximum atomic E-state index is 14.3. The van der Waals surface area contributed by atoms with Crippen molar-refractivity contribution in [2.75, 3.05) is 0 Å². The van der Waals surface area contributed by atoms with Gasteiger partial charge in [-0.15, -0.1) is 0 Å². The van der Waals surface area contributed by atoms with Crippen LogP contribution in [0.2, 0.25) is 0 Å². The number of nitro groups is 2. The first-order valence-corrected chi connectivity index (χ1v) is 16.7. The zero-order chi connectivity index (χ0) is 37.2. The molecule has 14 nitrogen and oxygen atoms in total. The fraction of sp³-hybridized carbons (Fsp3) is 0.0500. The summed E-state index contributed by atoms with van der Waals surface area (Å²) in [7, 11) is 0. The molecule has 0 aliphatic rings. The second-order valence-corrected chi connectivity index (χ2v) is 13.6. The van der Waals surface area contributed by atoms with Gasteiger partial charge in [-0.05, 0) is 82.6 Å². The minimum Gasteiger partial charge on any atom is -0.294 e. The summed E-state index contributed by atoms with van der Waals surface area (Å²) in [4.78, 5) is 85.3. The maximum absolute atomic E-state index is 14.3. The highest BCUT2D eigenvalue weighted by Gasteiger charge is 2.27. The van der Waals surface area contributed by atoms with Gasteiger partial charge >= 0.3 is 0 Å². The van der Waals surface area contributed by atoms with Crippen LogP contribution < -0.4 is 11.1 Å². The van der Waals surface area contributed by atoms with Crippen molar-refractivity contribution in [2.24, 2.45) is 0 Å². The second kappa shape index (κ2) is 9.57. The smallest absolute Gasteiger partial charge is 0.282 e. The Kier molecular flexibility index (Phi) is 5.31. The molecule has 0 spiro atoms. The summed E-state index contributed by atoms with van der Waals surface area (Å²) in [5.74, 6) is -1.02. The number of ketones is 2. The van der Waals surface area contributed by atoms with E-state index in [-0.39, 0.29) is 55.7 Å². The molecule has 4 heterocycles. The van der Waals surface area contributed by atoms with E-state index in [9.17, 15) is 39.4 Å². The number of rotatable bonds is 4. The Morgan fingerprint density at radius 2 is 0.833 bits per heavy atom. The molecule has 256 valence electrons. The summed E-state index contributed by atoms with van der Waals surface area (Å²) in [5.41, 5.74) is -0.194. The van der Waals surface area contributed by atoms with Crippen LogP contribution in [-0.2, 0) is 0 Å². The van der Waals surface area contributed by atoms with Crippen LogP contribution in [0.15, 0.2) is 82.4 Å². The van der Waals surface area contributed by atoms with E-state index < -0.39 is 21.4 Å². The van der Waals surface area contributed by atoms with E-state index in [1.54, 1.807) is 12.1 Å². The third kappa shape index (κ3) is 3.39. The lowest BCUT2D eigenvalue weighted by Crippen LogP contribution is -2.14. The van der Waals surface area contributed by atoms with E-state index in [2.05, 4.69) is 0 Å². The SMILES string of the molecule is CC(=O)c1cc2c(cc1[N+](=O)[O-])nc1c3ccc4c5ccc6c(=O)n7c8cc(C(C)=O)c([N+](=O)[O-])cc8nc7c7ccc(c8ccc(c(=O)n21)c3c84)c5c67. The molecular formula is C40H18N6O8. The Balaban J connectivity index is 1.28. The summed E-state index contributed by atoms with van der Waals surface area (Å²) in [5, 5.41) is 32.0. The molecule has 0 bridgehead atoms. The van der Waals surface area contributed by atoms with Crippen LogP contribution >= 0.6 is 0 Å². The first-order chi connectivity index (χ1) is 25.9. The fourth-order valence-electron chi connectivity index (χ4n) is 8.72. The second-order valence-electron chi connectivity index (χ2n) is 13.6. The Hall–Kier alpha value is -7.74. The highest BCUT2D eigenvalue weighted by Crippen LogP contribution is 2.46. The number of hydrogen-bond acceptors (Lipinski definition) is 10. The van der Waals surface area contributed by atoms with Gasteiger partial charge in [0.2, 0.25) is 0 Å². The van der Waals surface area contributed by atoms with Crippen LogP contribution in [0, 0.1) is 20.2 Å². The number of hydrogen-bond donors (Lipinski definition) is 0. The molecule has 11 rings (SSSR count). The molecule has 0 fully saturated rings. The molecule has 11 aromatic rings. The first-order valence-electron chi connectivity index (χ1n) is 16.7. The minimum atomic E-state index is -0.635. The average molecular weight is 711 g/mol. The van der Waals surface area contributed by atoms with Gasteiger partial charge in [-0.1, -0.05) is 24.3 Å². The highest BCUT2D eigenvalue weighted by molar-refractivity contribution is 6.40. The molecule has 0 atom stereocenters. The number of carbonyl (C=O) groups is 2. The summed E-state index contributed by atoms with van der Waals surface area (Å²) in [6, 6.07) is 20.0. The van der Waals surface area contributed by atoms with Crippen LogP contribution in [0.4, 0.5) is 11.4 Å². The molecule has 0 saturated carbocycles. The van der Waals surface area contributed by atoms with Crippen molar-refractivity contribution in [1.82, 2.24) is 18.8 Å². The Morgan fingerprint density at radius 3 is 1.17 bits per heavy atom. The molecule has 0 N–H and O–H groups in total. The monoisotopic (exact) mass is 710 g/mol. The Labute approximate surface area is 297 Å². The number of Topliss-reactive ketones (excluding diaryl/α,β-unsaturated/α-hetero) is 2. The Morgan fingerprint density at radius 1 is 0.519 bits per heavy atom. The van der Waals surface area contributed by atoms with Crippen LogP contribution in [0.3, 0.4) is 0 Å². The van der Waals surface area contributed by atoms with Crippen molar-refractivity contribution >= 4 is 121 Å². The molecule has 4 aromatic heterocycles. The lowest BCUT2D eigenvalue weighted by Gasteiger charge is -2.18. The van der Waals surface area contributed by atoms with Crippen LogP contribution in [0.1, 0.15) is 34.6 Å². The molecule has 0 unspecified atom stereocenters. The normalized spacial score (nSPS) is 12.5. The quantitative estimate of drug-likeness (QED) is 0.0582. The van der Waals surface area contributed by atoms with Crippen LogP contribution in [0.25, 0.3) is 98.0 Å². The van der Waals surface area contributed by atoms with E-state index in [4.69, 9.17) is 9.97 Å². The molecule has 0 saturated heterocycles. The zero-order valence-corrected chi connectivity index (χ0v) is 27.9. The van der Waals surface area contributed by atoms with Gasteiger partial charge in [0.15, 0.2) is 11.6 Å². The number of benzene rings is 7. The minimum absolute atomic E-state index is 0.119. The van der Waals surface area contributed by atoms with Crippen LogP contribution in [0.5, 0.6) is 0 Å². The van der Waals surface area contributed by atoms with Gasteiger partial charge in [0, 0.05) is 44.5 Å². The molecule has 0 radical (unpaired) electrons. The van der Waals surface area contributed by atoms with Gasteiger partial charge in [0.25, 0.3) is 22.5 Å². The van der Waals surface area contributed by atoms with Crippen LogP contribution in [-0.4, -0.2) is 40.2 Å². The number of nitrogens with zero attached hydrogens (tertiary/aromatic N) is 6. The van der Waals surface area contributed by atoms with E-state index in [0.29, 0.717) is 43.6 Å². The van der Waals surface area contributed by atoms with E-state index >= 15 is 0 Å². The number of nitro benzene ring substituents is 2. The predicted octanol–water partition coefficient (Wildman–Crippen LogP) is 7.46. The van der Waals surface area contributed by atoms with Gasteiger partial charge in [0.05, 0.1) is 43.0 Å². The van der Waals surface area contributed by atoms with Gasteiger partial charge in [-0.3, -0.25) is 48.2 Å². The topological polar surface area (TPSA) is 189 Å². The molecule has 14 heteroatoms. The summed E-state index contributed by atoms with van der Waals surface area (Å²) in [6.45, 7) is 2.47. The fourth-order valence-corrected chi connectivity index (χ4v) is 8.72. The zero-order valence-electron chi connectivity index (χ0n) is 27.9. The molecular weight excluding hydrogens is 692 g/mol. The van der Waals surface area contributed by atoms with Gasteiger partial charge in [0.1, 0.15) is 11.3 Å². The molecule has 0 aliphatic heterocycles. The lowest BCUT2D eigenvalue weighted by atomic mass is 9.86. The Bertz CT molecular complexity index is 3520. The van der Waals surface area contributed by atoms with Crippen molar-refractivity contribution < 1.29 is 19.4 Å². The predicted molar refractivity (Wildman–Crippen MR) is 203 cm³/mol. The number of carbonyl (C=O) groups excluding carboxylic acids is 2. The van der Waals surface area contributed by atoms with Crippen molar-refractivity contribution in [1.29, 1.82) is 0 Å². The van der Waals surface area contributed by atoms with Gasteiger partial charge in [-0.25, -0.2) is 9.97 Å². The van der Waals surface area contributed by atoms with E-state index in [1.807, 2.05) is 36.4 Å². The number of imidazole rings is 2. The third-order valence-corrected chi connectivity index (χ3v) is 10.9. The third-order valence-electron chi connectivity index (χ3n) is 10.9. The van der Waals surface area contributed by atoms with Gasteiger partial charge < -0.3 is 0 Å². The number of aromatic nitrogens is 4. The van der Waals surface area contributed by atoms with Crippen molar-refractivity contribution in [3.8, 4) is 0 Å². The standard InChI is InChI=1S/C40H18N6O8/c1-15(47)25-11-31-27(13-29(25)45(51)52)41-37-21-7-3-17-20-6-10-24-36-22(8-4-18(34(20)36)19-5-9-23(35(21)33(17)19)39(49)43(31)37)38-42-28-14-30(46(53)54)26(16(2)48)12-32(28)44(38)40(24)50/h3-14H,1-2H3. The molecule has 0 amide bonds. The highest BCUT2D eigenvalue weighted by atomic mass is 16.6. The van der Waals surface area contributed by atoms with Gasteiger partial charge in [-0.2, -0.15) is 0 Å².